The van der Waals surface area contributed by atoms with E-state index in [1.54, 1.807) is 4.90 Å². The number of fused-ring (bicyclic) bond motifs is 1. The maximum atomic E-state index is 11.7. The van der Waals surface area contributed by atoms with Crippen LogP contribution >= 0.6 is 0 Å². The van der Waals surface area contributed by atoms with Crippen molar-refractivity contribution in [3.63, 3.8) is 0 Å². The molecule has 3 atom stereocenters. The van der Waals surface area contributed by atoms with Gasteiger partial charge >= 0.3 is 12.0 Å². The molecule has 3 N–H and O–H groups in total. The molecule has 0 radical (unpaired) electrons. The summed E-state index contributed by atoms with van der Waals surface area (Å²) in [6.45, 7) is 1.42. The van der Waals surface area contributed by atoms with Gasteiger partial charge < -0.3 is 20.4 Å². The van der Waals surface area contributed by atoms with Crippen molar-refractivity contribution in [2.45, 2.75) is 25.4 Å². The lowest BCUT2D eigenvalue weighted by Crippen LogP contribution is -2.40. The zero-order chi connectivity index (χ0) is 12.4. The summed E-state index contributed by atoms with van der Waals surface area (Å²) in [5.41, 5.74) is 0. The Balaban J connectivity index is 1.76. The number of carbonyl (C=O) groups excluding carboxylic acids is 1. The Morgan fingerprint density at radius 3 is 2.71 bits per heavy atom. The van der Waals surface area contributed by atoms with E-state index in [0.29, 0.717) is 19.0 Å². The van der Waals surface area contributed by atoms with E-state index in [-0.39, 0.29) is 31.0 Å². The van der Waals surface area contributed by atoms with Crippen LogP contribution in [0.5, 0.6) is 0 Å². The number of nitrogens with one attached hydrogen (secondary N) is 1. The highest BCUT2D eigenvalue weighted by Gasteiger charge is 2.43. The summed E-state index contributed by atoms with van der Waals surface area (Å²) in [6.07, 6.45) is 1.47. The summed E-state index contributed by atoms with van der Waals surface area (Å²) in [4.78, 5) is 23.7. The van der Waals surface area contributed by atoms with Gasteiger partial charge in [-0.2, -0.15) is 0 Å². The number of aliphatic hydroxyl groups excluding tert-OH is 1. The van der Waals surface area contributed by atoms with E-state index in [4.69, 9.17) is 5.11 Å². The van der Waals surface area contributed by atoms with Crippen LogP contribution in [-0.2, 0) is 4.79 Å². The molecule has 1 saturated heterocycles. The summed E-state index contributed by atoms with van der Waals surface area (Å²) in [5.74, 6) is -0.297. The second-order valence-corrected chi connectivity index (χ2v) is 4.85. The monoisotopic (exact) mass is 242 g/mol. The molecule has 0 spiro atoms. The molecule has 0 aromatic carbocycles. The topological polar surface area (TPSA) is 89.9 Å². The third kappa shape index (κ3) is 2.69. The molecule has 1 aliphatic carbocycles. The molecule has 1 saturated carbocycles. The van der Waals surface area contributed by atoms with Crippen LogP contribution in [0.25, 0.3) is 0 Å². The molecule has 2 aliphatic rings. The third-order valence-corrected chi connectivity index (χ3v) is 3.72. The Labute approximate surface area is 99.6 Å². The molecule has 6 nitrogen and oxygen atoms in total. The minimum absolute atomic E-state index is 0.0605. The molecule has 1 heterocycles. The van der Waals surface area contributed by atoms with Crippen LogP contribution in [0.15, 0.2) is 0 Å². The fourth-order valence-electron chi connectivity index (χ4n) is 2.79. The second kappa shape index (κ2) is 4.91. The quantitative estimate of drug-likeness (QED) is 0.643. The molecule has 3 unspecified atom stereocenters. The first-order valence-electron chi connectivity index (χ1n) is 6.00. The smallest absolute Gasteiger partial charge is 0.317 e. The minimum Gasteiger partial charge on any atom is -0.481 e. The molecule has 96 valence electrons. The first kappa shape index (κ1) is 12.2. The van der Waals surface area contributed by atoms with Crippen LogP contribution in [0.3, 0.4) is 0 Å². The number of carbonyl (C=O) groups is 2. The molecular formula is C11H18N2O4. The van der Waals surface area contributed by atoms with Crippen molar-refractivity contribution in [2.24, 2.45) is 11.8 Å². The van der Waals surface area contributed by atoms with Crippen molar-refractivity contribution >= 4 is 12.0 Å². The van der Waals surface area contributed by atoms with Crippen LogP contribution in [0.2, 0.25) is 0 Å². The third-order valence-electron chi connectivity index (χ3n) is 3.72. The maximum Gasteiger partial charge on any atom is 0.317 e. The van der Waals surface area contributed by atoms with E-state index in [2.05, 4.69) is 5.32 Å². The Morgan fingerprint density at radius 2 is 2.06 bits per heavy atom. The van der Waals surface area contributed by atoms with E-state index < -0.39 is 5.97 Å². The van der Waals surface area contributed by atoms with Crippen LogP contribution in [0.1, 0.15) is 19.3 Å². The van der Waals surface area contributed by atoms with Gasteiger partial charge in [-0.3, -0.25) is 4.79 Å². The number of nitrogens with zero attached hydrogens (tertiary/aromatic N) is 1. The fourth-order valence-corrected chi connectivity index (χ4v) is 2.79. The summed E-state index contributed by atoms with van der Waals surface area (Å²) >= 11 is 0. The number of aliphatic carboxylic acids is 1. The van der Waals surface area contributed by atoms with Gasteiger partial charge in [-0.25, -0.2) is 4.79 Å². The molecule has 2 amide bonds. The van der Waals surface area contributed by atoms with Gasteiger partial charge in [-0.15, -0.1) is 0 Å². The van der Waals surface area contributed by atoms with E-state index in [9.17, 15) is 14.7 Å². The van der Waals surface area contributed by atoms with E-state index >= 15 is 0 Å². The molecule has 1 aliphatic heterocycles. The van der Waals surface area contributed by atoms with Crippen molar-refractivity contribution < 1.29 is 19.8 Å². The second-order valence-electron chi connectivity index (χ2n) is 4.85. The average molecular weight is 242 g/mol. The Bertz CT molecular complexity index is 321. The van der Waals surface area contributed by atoms with Gasteiger partial charge in [-0.1, -0.05) is 0 Å². The fraction of sp³-hybridized carbons (Fsp3) is 0.818. The molecule has 2 fully saturated rings. The first-order valence-corrected chi connectivity index (χ1v) is 6.00. The van der Waals surface area contributed by atoms with Crippen LogP contribution in [-0.4, -0.2) is 52.9 Å². The standard InChI is InChI=1S/C11H18N2O4/c14-9-2-1-7-5-13(6-8(7)9)11(17)12-4-3-10(15)16/h7-9,14H,1-6H2,(H,12,17)(H,15,16). The summed E-state index contributed by atoms with van der Waals surface area (Å²) < 4.78 is 0. The van der Waals surface area contributed by atoms with Gasteiger partial charge in [0.15, 0.2) is 0 Å². The van der Waals surface area contributed by atoms with E-state index in [1.807, 2.05) is 0 Å². The van der Waals surface area contributed by atoms with Crippen LogP contribution < -0.4 is 5.32 Å². The summed E-state index contributed by atoms with van der Waals surface area (Å²) in [6, 6.07) is -0.215. The number of likely N-dealkylation sites (tertiary alicyclic amines) is 1. The Morgan fingerprint density at radius 1 is 1.29 bits per heavy atom. The number of urea groups is 1. The number of aliphatic hydroxyl groups is 1. The van der Waals surface area contributed by atoms with Crippen molar-refractivity contribution in [1.29, 1.82) is 0 Å². The summed E-state index contributed by atoms with van der Waals surface area (Å²) in [5, 5.41) is 20.8. The Kier molecular flexibility index (Phi) is 3.51. The lowest BCUT2D eigenvalue weighted by Gasteiger charge is -2.18. The normalized spacial score (nSPS) is 31.4. The van der Waals surface area contributed by atoms with Crippen molar-refractivity contribution in [3.8, 4) is 0 Å². The van der Waals surface area contributed by atoms with Gasteiger partial charge in [0.25, 0.3) is 0 Å². The predicted molar refractivity (Wildman–Crippen MR) is 59.4 cm³/mol. The van der Waals surface area contributed by atoms with Crippen molar-refractivity contribution in [1.82, 2.24) is 10.2 Å². The molecule has 17 heavy (non-hydrogen) atoms. The van der Waals surface area contributed by atoms with Crippen LogP contribution in [0, 0.1) is 11.8 Å². The SMILES string of the molecule is O=C(O)CCNC(=O)N1CC2CCC(O)C2C1. The zero-order valence-corrected chi connectivity index (χ0v) is 9.63. The van der Waals surface area contributed by atoms with Gasteiger partial charge in [0.1, 0.15) is 0 Å². The minimum atomic E-state index is -0.918. The number of rotatable bonds is 3. The number of hydrogen-bond acceptors (Lipinski definition) is 3. The highest BCUT2D eigenvalue weighted by molar-refractivity contribution is 5.75. The Hall–Kier alpha value is -1.30. The molecule has 6 heteroatoms. The van der Waals surface area contributed by atoms with Crippen LogP contribution in [0.4, 0.5) is 4.79 Å². The molecule has 0 bridgehead atoms. The molecular weight excluding hydrogens is 224 g/mol. The van der Waals surface area contributed by atoms with Gasteiger partial charge in [-0.05, 0) is 18.8 Å². The number of carboxylic acids is 1. The molecule has 2 rings (SSSR count). The lowest BCUT2D eigenvalue weighted by molar-refractivity contribution is -0.136. The van der Waals surface area contributed by atoms with E-state index in [0.717, 1.165) is 12.8 Å². The van der Waals surface area contributed by atoms with Crippen molar-refractivity contribution in [2.75, 3.05) is 19.6 Å². The predicted octanol–water partition coefficient (Wildman–Crippen LogP) is -0.127. The maximum absolute atomic E-state index is 11.7. The average Bonchev–Trinajstić information content (AvgIpc) is 2.81. The van der Waals surface area contributed by atoms with Gasteiger partial charge in [0, 0.05) is 25.6 Å². The highest BCUT2D eigenvalue weighted by atomic mass is 16.4. The first-order chi connectivity index (χ1) is 8.08. The zero-order valence-electron chi connectivity index (χ0n) is 9.63. The number of amides is 2. The van der Waals surface area contributed by atoms with E-state index in [1.165, 1.54) is 0 Å². The number of hydrogen-bond donors (Lipinski definition) is 3. The highest BCUT2D eigenvalue weighted by Crippen LogP contribution is 2.37. The largest absolute Gasteiger partial charge is 0.481 e. The van der Waals surface area contributed by atoms with Crippen molar-refractivity contribution in [3.05, 3.63) is 0 Å². The molecule has 0 aromatic rings. The van der Waals surface area contributed by atoms with Gasteiger partial charge in [0.05, 0.1) is 12.5 Å². The van der Waals surface area contributed by atoms with Gasteiger partial charge in [0.2, 0.25) is 0 Å². The number of carboxylic acid groups (broad SMARTS) is 1. The summed E-state index contributed by atoms with van der Waals surface area (Å²) in [7, 11) is 0. The molecule has 0 aromatic heterocycles. The lowest BCUT2D eigenvalue weighted by atomic mass is 10.00.